The lowest BCUT2D eigenvalue weighted by atomic mass is 10.0. The maximum absolute atomic E-state index is 4.24. The summed E-state index contributed by atoms with van der Waals surface area (Å²) in [6.45, 7) is 6.78. The summed E-state index contributed by atoms with van der Waals surface area (Å²) in [5, 5.41) is 3.41. The summed E-state index contributed by atoms with van der Waals surface area (Å²) in [5.41, 5.74) is 1.37. The number of hydrogen-bond donors (Lipinski definition) is 1. The van der Waals surface area contributed by atoms with Crippen LogP contribution in [0.25, 0.3) is 0 Å². The van der Waals surface area contributed by atoms with Crippen LogP contribution in [0.3, 0.4) is 0 Å². The summed E-state index contributed by atoms with van der Waals surface area (Å²) in [7, 11) is 0. The van der Waals surface area contributed by atoms with Crippen LogP contribution in [0.2, 0.25) is 0 Å². The highest BCUT2D eigenvalue weighted by Gasteiger charge is 2.21. The Morgan fingerprint density at radius 1 is 1.33 bits per heavy atom. The molecule has 0 saturated carbocycles. The molecule has 5 heteroatoms. The lowest BCUT2D eigenvalue weighted by Gasteiger charge is -2.35. The van der Waals surface area contributed by atoms with Crippen LogP contribution in [0.15, 0.2) is 24.5 Å². The third kappa shape index (κ3) is 4.73. The molecule has 2 heterocycles. The molecule has 18 heavy (non-hydrogen) atoms. The molecule has 1 aliphatic heterocycles. The van der Waals surface area contributed by atoms with Crippen molar-refractivity contribution in [2.45, 2.75) is 25.8 Å². The molecule has 0 bridgehead atoms. The highest BCUT2D eigenvalue weighted by Crippen LogP contribution is 2.24. The molecule has 1 saturated heterocycles. The van der Waals surface area contributed by atoms with E-state index in [9.17, 15) is 0 Å². The molecule has 0 radical (unpaired) electrons. The van der Waals surface area contributed by atoms with E-state index < -0.39 is 0 Å². The average molecular weight is 292 g/mol. The molecular formula is C13H23Cl2N3. The fourth-order valence-corrected chi connectivity index (χ4v) is 2.40. The number of aromatic nitrogens is 1. The zero-order valence-electron chi connectivity index (χ0n) is 10.8. The van der Waals surface area contributed by atoms with E-state index >= 15 is 0 Å². The van der Waals surface area contributed by atoms with E-state index in [1.54, 1.807) is 0 Å². The second-order valence-corrected chi connectivity index (χ2v) is 4.38. The molecular weight excluding hydrogens is 269 g/mol. The minimum absolute atomic E-state index is 0. The lowest BCUT2D eigenvalue weighted by Crippen LogP contribution is -2.45. The predicted molar refractivity (Wildman–Crippen MR) is 80.8 cm³/mol. The van der Waals surface area contributed by atoms with E-state index in [2.05, 4.69) is 28.2 Å². The molecule has 104 valence electrons. The van der Waals surface area contributed by atoms with Crippen LogP contribution in [0.4, 0.5) is 0 Å². The van der Waals surface area contributed by atoms with Crippen LogP contribution in [0.1, 0.15) is 31.4 Å². The second kappa shape index (κ2) is 9.56. The third-order valence-electron chi connectivity index (χ3n) is 3.22. The summed E-state index contributed by atoms with van der Waals surface area (Å²) < 4.78 is 0. The fourth-order valence-electron chi connectivity index (χ4n) is 2.40. The molecule has 1 atom stereocenters. The number of piperazine rings is 1. The maximum Gasteiger partial charge on any atom is 0.0364 e. The first-order chi connectivity index (χ1) is 7.92. The number of nitrogens with zero attached hydrogens (tertiary/aromatic N) is 2. The van der Waals surface area contributed by atoms with Crippen molar-refractivity contribution in [3.05, 3.63) is 30.1 Å². The number of halogens is 2. The van der Waals surface area contributed by atoms with Gasteiger partial charge in [-0.3, -0.25) is 9.88 Å². The average Bonchev–Trinajstić information content (AvgIpc) is 2.38. The van der Waals surface area contributed by atoms with Gasteiger partial charge >= 0.3 is 0 Å². The van der Waals surface area contributed by atoms with Gasteiger partial charge in [0.2, 0.25) is 0 Å². The SMILES string of the molecule is CCC[C@@H](c1cccnc1)N1CCNCC1.Cl.Cl. The lowest BCUT2D eigenvalue weighted by molar-refractivity contribution is 0.164. The summed E-state index contributed by atoms with van der Waals surface area (Å²) in [6, 6.07) is 4.80. The van der Waals surface area contributed by atoms with E-state index in [-0.39, 0.29) is 24.8 Å². The zero-order chi connectivity index (χ0) is 11.2. The number of pyridine rings is 1. The third-order valence-corrected chi connectivity index (χ3v) is 3.22. The van der Waals surface area contributed by atoms with Crippen molar-refractivity contribution < 1.29 is 0 Å². The summed E-state index contributed by atoms with van der Waals surface area (Å²) in [4.78, 5) is 6.82. The van der Waals surface area contributed by atoms with E-state index in [0.29, 0.717) is 6.04 Å². The van der Waals surface area contributed by atoms with Crippen LogP contribution in [0, 0.1) is 0 Å². The molecule has 3 nitrogen and oxygen atoms in total. The maximum atomic E-state index is 4.24. The van der Waals surface area contributed by atoms with Crippen molar-refractivity contribution in [2.75, 3.05) is 26.2 Å². The summed E-state index contributed by atoms with van der Waals surface area (Å²) in [5.74, 6) is 0. The minimum atomic E-state index is 0. The van der Waals surface area contributed by atoms with Gasteiger partial charge in [-0.25, -0.2) is 0 Å². The Hall–Kier alpha value is -0.350. The van der Waals surface area contributed by atoms with Gasteiger partial charge in [0.1, 0.15) is 0 Å². The standard InChI is InChI=1S/C13H21N3.2ClH/c1-2-4-13(12-5-3-6-15-11-12)16-9-7-14-8-10-16;;/h3,5-6,11,13-14H,2,4,7-10H2,1H3;2*1H/t13-;;/m0../s1. The first-order valence-corrected chi connectivity index (χ1v) is 6.26. The van der Waals surface area contributed by atoms with Crippen LogP contribution >= 0.6 is 24.8 Å². The second-order valence-electron chi connectivity index (χ2n) is 4.38. The molecule has 0 aliphatic carbocycles. The van der Waals surface area contributed by atoms with Crippen molar-refractivity contribution in [3.63, 3.8) is 0 Å². The number of hydrogen-bond acceptors (Lipinski definition) is 3. The molecule has 1 aromatic rings. The van der Waals surface area contributed by atoms with Crippen LogP contribution in [-0.2, 0) is 0 Å². The van der Waals surface area contributed by atoms with Gasteiger partial charge in [0.15, 0.2) is 0 Å². The topological polar surface area (TPSA) is 28.2 Å². The largest absolute Gasteiger partial charge is 0.314 e. The van der Waals surface area contributed by atoms with E-state index in [1.807, 2.05) is 18.5 Å². The molecule has 0 aromatic carbocycles. The fraction of sp³-hybridized carbons (Fsp3) is 0.615. The van der Waals surface area contributed by atoms with Gasteiger partial charge in [-0.15, -0.1) is 24.8 Å². The van der Waals surface area contributed by atoms with Gasteiger partial charge in [0.05, 0.1) is 0 Å². The Balaban J connectivity index is 0.00000144. The van der Waals surface area contributed by atoms with Crippen molar-refractivity contribution in [1.82, 2.24) is 15.2 Å². The normalized spacial score (nSPS) is 17.4. The Kier molecular flexibility index (Phi) is 9.38. The molecule has 2 rings (SSSR count). The van der Waals surface area contributed by atoms with Crippen molar-refractivity contribution in [3.8, 4) is 0 Å². The summed E-state index contributed by atoms with van der Waals surface area (Å²) in [6.07, 6.45) is 6.32. The Bertz CT molecular complexity index is 302. The monoisotopic (exact) mass is 291 g/mol. The number of rotatable bonds is 4. The first-order valence-electron chi connectivity index (χ1n) is 6.26. The van der Waals surface area contributed by atoms with Crippen LogP contribution in [0.5, 0.6) is 0 Å². The molecule has 0 amide bonds. The van der Waals surface area contributed by atoms with E-state index in [1.165, 1.54) is 18.4 Å². The molecule has 1 aromatic heterocycles. The molecule has 1 aliphatic rings. The first kappa shape index (κ1) is 17.6. The van der Waals surface area contributed by atoms with Crippen molar-refractivity contribution in [2.24, 2.45) is 0 Å². The van der Waals surface area contributed by atoms with E-state index in [4.69, 9.17) is 0 Å². The molecule has 0 unspecified atom stereocenters. The quantitative estimate of drug-likeness (QED) is 0.925. The molecule has 0 spiro atoms. The summed E-state index contributed by atoms with van der Waals surface area (Å²) >= 11 is 0. The van der Waals surface area contributed by atoms with Gasteiger partial charge in [-0.2, -0.15) is 0 Å². The minimum Gasteiger partial charge on any atom is -0.314 e. The van der Waals surface area contributed by atoms with Gasteiger partial charge < -0.3 is 5.32 Å². The van der Waals surface area contributed by atoms with Crippen LogP contribution in [-0.4, -0.2) is 36.1 Å². The Morgan fingerprint density at radius 3 is 2.61 bits per heavy atom. The van der Waals surface area contributed by atoms with Crippen molar-refractivity contribution >= 4 is 24.8 Å². The van der Waals surface area contributed by atoms with Gasteiger partial charge in [-0.05, 0) is 18.1 Å². The zero-order valence-corrected chi connectivity index (χ0v) is 12.5. The predicted octanol–water partition coefficient (Wildman–Crippen LogP) is 2.67. The van der Waals surface area contributed by atoms with Gasteiger partial charge in [0, 0.05) is 44.6 Å². The van der Waals surface area contributed by atoms with Crippen molar-refractivity contribution in [1.29, 1.82) is 0 Å². The number of nitrogens with one attached hydrogen (secondary N) is 1. The molecule has 1 fully saturated rings. The van der Waals surface area contributed by atoms with Gasteiger partial charge in [0.25, 0.3) is 0 Å². The molecule has 1 N–H and O–H groups in total. The smallest absolute Gasteiger partial charge is 0.0364 e. The highest BCUT2D eigenvalue weighted by molar-refractivity contribution is 5.85. The Morgan fingerprint density at radius 2 is 2.06 bits per heavy atom. The van der Waals surface area contributed by atoms with Gasteiger partial charge in [-0.1, -0.05) is 19.4 Å². The Labute approximate surface area is 122 Å². The van der Waals surface area contributed by atoms with E-state index in [0.717, 1.165) is 26.2 Å². The van der Waals surface area contributed by atoms with Crippen LogP contribution < -0.4 is 5.32 Å². The highest BCUT2D eigenvalue weighted by atomic mass is 35.5.